The van der Waals surface area contributed by atoms with E-state index in [2.05, 4.69) is 27.2 Å². The van der Waals surface area contributed by atoms with Crippen LogP contribution in [0.2, 0.25) is 5.02 Å². The Hall–Kier alpha value is -3.01. The van der Waals surface area contributed by atoms with Crippen molar-refractivity contribution in [2.75, 3.05) is 7.11 Å². The molecule has 0 aromatic heterocycles. The number of benzene rings is 3. The summed E-state index contributed by atoms with van der Waals surface area (Å²) in [5.74, 6) is 1.16. The predicted octanol–water partition coefficient (Wildman–Crippen LogP) is 6.11. The first-order valence-corrected chi connectivity index (χ1v) is 10.2. The van der Waals surface area contributed by atoms with E-state index < -0.39 is 0 Å². The Kier molecular flexibility index (Phi) is 7.72. The number of ether oxygens (including phenoxy) is 2. The molecule has 7 heteroatoms. The van der Waals surface area contributed by atoms with E-state index >= 15 is 0 Å². The van der Waals surface area contributed by atoms with Gasteiger partial charge in [0.15, 0.2) is 11.5 Å². The van der Waals surface area contributed by atoms with E-state index in [0.29, 0.717) is 28.7 Å². The Morgan fingerprint density at radius 2 is 1.87 bits per heavy atom. The van der Waals surface area contributed by atoms with Crippen LogP contribution in [0, 0.1) is 11.3 Å². The first kappa shape index (κ1) is 21.7. The third-order valence-electron chi connectivity index (χ3n) is 4.18. The van der Waals surface area contributed by atoms with Gasteiger partial charge < -0.3 is 14.3 Å². The average Bonchev–Trinajstić information content (AvgIpc) is 2.77. The lowest BCUT2D eigenvalue weighted by molar-refractivity contribution is 0.132. The van der Waals surface area contributed by atoms with E-state index in [1.54, 1.807) is 25.5 Å². The third-order valence-corrected chi connectivity index (χ3v) is 5.02. The number of nitriles is 1. The first-order valence-electron chi connectivity index (χ1n) is 8.99. The fourth-order valence-electron chi connectivity index (χ4n) is 2.65. The largest absolute Gasteiger partial charge is 0.493 e. The van der Waals surface area contributed by atoms with Gasteiger partial charge in [0.25, 0.3) is 0 Å². The Balaban J connectivity index is 1.66. The highest BCUT2D eigenvalue weighted by Crippen LogP contribution is 2.37. The van der Waals surface area contributed by atoms with E-state index in [9.17, 15) is 0 Å². The molecule has 0 spiro atoms. The van der Waals surface area contributed by atoms with Crippen LogP contribution in [0.15, 0.2) is 70.3 Å². The first-order chi connectivity index (χ1) is 14.6. The molecule has 0 aliphatic rings. The van der Waals surface area contributed by atoms with Crippen LogP contribution in [0.3, 0.4) is 0 Å². The lowest BCUT2D eigenvalue weighted by Gasteiger charge is -2.13. The van der Waals surface area contributed by atoms with Gasteiger partial charge in [-0.05, 0) is 51.8 Å². The summed E-state index contributed by atoms with van der Waals surface area (Å²) in [6.45, 7) is 0.585. The minimum atomic E-state index is 0.209. The Bertz CT molecular complexity index is 1080. The predicted molar refractivity (Wildman–Crippen MR) is 120 cm³/mol. The monoisotopic (exact) mass is 484 g/mol. The minimum Gasteiger partial charge on any atom is -0.493 e. The van der Waals surface area contributed by atoms with Gasteiger partial charge in [0, 0.05) is 16.1 Å². The van der Waals surface area contributed by atoms with Gasteiger partial charge in [-0.1, -0.05) is 47.1 Å². The molecule has 30 heavy (non-hydrogen) atoms. The van der Waals surface area contributed by atoms with Crippen LogP contribution in [-0.4, -0.2) is 13.3 Å². The lowest BCUT2D eigenvalue weighted by Crippen LogP contribution is -1.99. The number of hydrogen-bond donors (Lipinski definition) is 0. The van der Waals surface area contributed by atoms with Gasteiger partial charge in [-0.25, -0.2) is 0 Å². The lowest BCUT2D eigenvalue weighted by atomic mass is 10.1. The second-order valence-electron chi connectivity index (χ2n) is 6.23. The Labute approximate surface area is 188 Å². The number of oxime groups is 1. The zero-order valence-corrected chi connectivity index (χ0v) is 18.5. The molecule has 3 rings (SSSR count). The van der Waals surface area contributed by atoms with Crippen molar-refractivity contribution >= 4 is 33.7 Å². The number of halogens is 2. The SMILES string of the molecule is COc1cc(/C=N\OCc2ccccc2C#N)cc(Br)c1OCc1ccc(Cl)cc1. The van der Waals surface area contributed by atoms with Crippen molar-refractivity contribution in [3.05, 3.63) is 92.4 Å². The molecule has 0 fully saturated rings. The minimum absolute atomic E-state index is 0.209. The van der Waals surface area contributed by atoms with Crippen molar-refractivity contribution in [3.8, 4) is 17.6 Å². The second kappa shape index (κ2) is 10.7. The normalized spacial score (nSPS) is 10.6. The third kappa shape index (κ3) is 5.76. The number of nitrogens with zero attached hydrogens (tertiary/aromatic N) is 2. The summed E-state index contributed by atoms with van der Waals surface area (Å²) in [5, 5.41) is 13.8. The zero-order chi connectivity index (χ0) is 21.3. The summed E-state index contributed by atoms with van der Waals surface area (Å²) in [5.41, 5.74) is 3.11. The number of rotatable bonds is 8. The van der Waals surface area contributed by atoms with E-state index in [0.717, 1.165) is 21.2 Å². The topological polar surface area (TPSA) is 63.8 Å². The van der Waals surface area contributed by atoms with E-state index in [-0.39, 0.29) is 6.61 Å². The zero-order valence-electron chi connectivity index (χ0n) is 16.1. The Morgan fingerprint density at radius 1 is 1.10 bits per heavy atom. The highest BCUT2D eigenvalue weighted by atomic mass is 79.9. The van der Waals surface area contributed by atoms with Crippen molar-refractivity contribution in [1.29, 1.82) is 5.26 Å². The maximum absolute atomic E-state index is 9.11. The van der Waals surface area contributed by atoms with Gasteiger partial charge in [0.05, 0.1) is 29.4 Å². The van der Waals surface area contributed by atoms with Crippen LogP contribution in [0.25, 0.3) is 0 Å². The van der Waals surface area contributed by atoms with E-state index in [4.69, 9.17) is 31.2 Å². The molecule has 0 saturated carbocycles. The van der Waals surface area contributed by atoms with Gasteiger partial charge in [-0.3, -0.25) is 0 Å². The highest BCUT2D eigenvalue weighted by molar-refractivity contribution is 9.10. The van der Waals surface area contributed by atoms with Gasteiger partial charge in [-0.15, -0.1) is 0 Å². The molecule has 0 bridgehead atoms. The molecule has 0 heterocycles. The molecule has 5 nitrogen and oxygen atoms in total. The van der Waals surface area contributed by atoms with Crippen LogP contribution in [0.4, 0.5) is 0 Å². The molecular formula is C23H18BrClN2O3. The van der Waals surface area contributed by atoms with Crippen LogP contribution >= 0.6 is 27.5 Å². The summed E-state index contributed by atoms with van der Waals surface area (Å²) >= 11 is 9.44. The quantitative estimate of drug-likeness (QED) is 0.285. The van der Waals surface area contributed by atoms with Crippen molar-refractivity contribution in [2.45, 2.75) is 13.2 Å². The highest BCUT2D eigenvalue weighted by Gasteiger charge is 2.12. The smallest absolute Gasteiger partial charge is 0.175 e. The molecule has 152 valence electrons. The van der Waals surface area contributed by atoms with Gasteiger partial charge >= 0.3 is 0 Å². The van der Waals surface area contributed by atoms with Gasteiger partial charge in [-0.2, -0.15) is 5.26 Å². The Morgan fingerprint density at radius 3 is 2.60 bits per heavy atom. The molecule has 0 saturated heterocycles. The maximum Gasteiger partial charge on any atom is 0.175 e. The van der Waals surface area contributed by atoms with Crippen molar-refractivity contribution in [2.24, 2.45) is 5.16 Å². The fourth-order valence-corrected chi connectivity index (χ4v) is 3.35. The summed E-state index contributed by atoms with van der Waals surface area (Å²) in [4.78, 5) is 5.34. The van der Waals surface area contributed by atoms with Gasteiger partial charge in [0.1, 0.15) is 13.2 Å². The molecule has 0 amide bonds. The molecular weight excluding hydrogens is 468 g/mol. The van der Waals surface area contributed by atoms with Crippen LogP contribution in [0.5, 0.6) is 11.5 Å². The van der Waals surface area contributed by atoms with Crippen LogP contribution in [-0.2, 0) is 18.1 Å². The molecule has 0 unspecified atom stereocenters. The molecule has 3 aromatic rings. The summed E-state index contributed by atoms with van der Waals surface area (Å²) in [6.07, 6.45) is 1.57. The van der Waals surface area contributed by atoms with E-state index in [1.165, 1.54) is 0 Å². The number of methoxy groups -OCH3 is 1. The summed E-state index contributed by atoms with van der Waals surface area (Å²) in [7, 11) is 1.58. The molecule has 0 radical (unpaired) electrons. The van der Waals surface area contributed by atoms with E-state index in [1.807, 2.05) is 48.5 Å². The fraction of sp³-hybridized carbons (Fsp3) is 0.130. The molecule has 0 aliphatic heterocycles. The van der Waals surface area contributed by atoms with Gasteiger partial charge in [0.2, 0.25) is 0 Å². The molecule has 3 aromatic carbocycles. The van der Waals surface area contributed by atoms with Crippen molar-refractivity contribution in [3.63, 3.8) is 0 Å². The second-order valence-corrected chi connectivity index (χ2v) is 7.52. The van der Waals surface area contributed by atoms with Crippen molar-refractivity contribution in [1.82, 2.24) is 0 Å². The average molecular weight is 486 g/mol. The maximum atomic E-state index is 9.11. The van der Waals surface area contributed by atoms with Crippen LogP contribution in [0.1, 0.15) is 22.3 Å². The standard InChI is InChI=1S/C23H18BrClN2O3/c1-28-22-11-17(13-27-30-15-19-5-3-2-4-18(19)12-26)10-21(24)23(22)29-14-16-6-8-20(25)9-7-16/h2-11,13H,14-15H2,1H3/b27-13-. The molecule has 0 aliphatic carbocycles. The summed E-state index contributed by atoms with van der Waals surface area (Å²) in [6, 6.07) is 20.5. The molecule has 0 atom stereocenters. The van der Waals surface area contributed by atoms with Crippen molar-refractivity contribution < 1.29 is 14.3 Å². The number of hydrogen-bond acceptors (Lipinski definition) is 5. The summed E-state index contributed by atoms with van der Waals surface area (Å²) < 4.78 is 12.1. The van der Waals surface area contributed by atoms with Crippen LogP contribution < -0.4 is 9.47 Å². The molecule has 0 N–H and O–H groups in total.